The summed E-state index contributed by atoms with van der Waals surface area (Å²) in [5.41, 5.74) is 3.92. The molecule has 2 heterocycles. The molecule has 0 N–H and O–H groups in total. The number of amides is 2. The molecule has 0 radical (unpaired) electrons. The maximum atomic E-state index is 13.1. The summed E-state index contributed by atoms with van der Waals surface area (Å²) in [5, 5.41) is 0. The molecule has 2 aliphatic heterocycles. The van der Waals surface area contributed by atoms with Crippen LogP contribution in [0.25, 0.3) is 0 Å². The lowest BCUT2D eigenvalue weighted by Crippen LogP contribution is -2.51. The number of hydrogen-bond donors (Lipinski definition) is 0. The summed E-state index contributed by atoms with van der Waals surface area (Å²) < 4.78 is 0. The average Bonchev–Trinajstić information content (AvgIpc) is 2.93. The number of anilines is 1. The summed E-state index contributed by atoms with van der Waals surface area (Å²) >= 11 is 0. The van der Waals surface area contributed by atoms with E-state index >= 15 is 0 Å². The van der Waals surface area contributed by atoms with Gasteiger partial charge in [0.25, 0.3) is 0 Å². The molecule has 0 aromatic heterocycles. The number of rotatable bonds is 3. The van der Waals surface area contributed by atoms with Gasteiger partial charge in [0, 0.05) is 50.9 Å². The highest BCUT2D eigenvalue weighted by atomic mass is 16.2. The Balaban J connectivity index is 1.34. The molecule has 1 aromatic carbocycles. The fraction of sp³-hybridized carbons (Fsp3) is 0.667. The molecule has 158 valence electrons. The molecule has 3 aliphatic rings. The zero-order chi connectivity index (χ0) is 20.4. The van der Waals surface area contributed by atoms with Crippen molar-refractivity contribution in [3.05, 3.63) is 29.3 Å². The molecular weight excluding hydrogens is 362 g/mol. The Labute approximate surface area is 175 Å². The van der Waals surface area contributed by atoms with Crippen molar-refractivity contribution in [2.24, 2.45) is 5.92 Å². The highest BCUT2D eigenvalue weighted by Crippen LogP contribution is 2.30. The number of hydrogen-bond acceptors (Lipinski definition) is 3. The predicted octanol–water partition coefficient (Wildman–Crippen LogP) is 3.52. The van der Waals surface area contributed by atoms with E-state index in [2.05, 4.69) is 36.9 Å². The van der Waals surface area contributed by atoms with Gasteiger partial charge in [0.15, 0.2) is 0 Å². The van der Waals surface area contributed by atoms with Gasteiger partial charge in [-0.25, -0.2) is 0 Å². The normalized spacial score (nSPS) is 24.1. The van der Waals surface area contributed by atoms with Gasteiger partial charge >= 0.3 is 0 Å². The van der Waals surface area contributed by atoms with Gasteiger partial charge in [0.1, 0.15) is 0 Å². The lowest BCUT2D eigenvalue weighted by molar-refractivity contribution is -0.136. The molecule has 1 saturated carbocycles. The van der Waals surface area contributed by atoms with E-state index in [0.717, 1.165) is 39.0 Å². The summed E-state index contributed by atoms with van der Waals surface area (Å²) in [5.74, 6) is 0.248. The summed E-state index contributed by atoms with van der Waals surface area (Å²) in [6.07, 6.45) is 7.63. The molecule has 4 rings (SSSR count). The SMILES string of the molecule is Cc1cccc(N2CCN(C(=O)C3CC(=O)N(C4CCCCCC4)C3)CC2)c1C. The third-order valence-corrected chi connectivity index (χ3v) is 7.28. The van der Waals surface area contributed by atoms with Crippen LogP contribution in [0.2, 0.25) is 0 Å². The molecule has 2 amide bonds. The second-order valence-electron chi connectivity index (χ2n) is 9.12. The van der Waals surface area contributed by atoms with Crippen molar-refractivity contribution in [3.63, 3.8) is 0 Å². The van der Waals surface area contributed by atoms with Crippen LogP contribution in [0.4, 0.5) is 5.69 Å². The van der Waals surface area contributed by atoms with E-state index in [1.807, 2.05) is 9.80 Å². The standard InChI is InChI=1S/C24H35N3O2/c1-18-8-7-11-22(19(18)2)25-12-14-26(15-13-25)24(29)20-16-23(28)27(17-20)21-9-5-3-4-6-10-21/h7-8,11,20-21H,3-6,9-10,12-17H2,1-2H3. The number of likely N-dealkylation sites (tertiary alicyclic amines) is 1. The van der Waals surface area contributed by atoms with Crippen LogP contribution in [0.3, 0.4) is 0 Å². The Morgan fingerprint density at radius 3 is 2.34 bits per heavy atom. The van der Waals surface area contributed by atoms with Gasteiger partial charge in [-0.2, -0.15) is 0 Å². The maximum Gasteiger partial charge on any atom is 0.228 e. The molecule has 0 bridgehead atoms. The van der Waals surface area contributed by atoms with Crippen molar-refractivity contribution in [1.82, 2.24) is 9.80 Å². The molecule has 1 aliphatic carbocycles. The van der Waals surface area contributed by atoms with E-state index in [9.17, 15) is 9.59 Å². The van der Waals surface area contributed by atoms with Gasteiger partial charge in [-0.1, -0.05) is 37.8 Å². The Morgan fingerprint density at radius 2 is 1.66 bits per heavy atom. The minimum Gasteiger partial charge on any atom is -0.368 e. The second kappa shape index (κ2) is 8.76. The zero-order valence-electron chi connectivity index (χ0n) is 18.0. The van der Waals surface area contributed by atoms with Crippen molar-refractivity contribution < 1.29 is 9.59 Å². The van der Waals surface area contributed by atoms with Crippen molar-refractivity contribution in [3.8, 4) is 0 Å². The van der Waals surface area contributed by atoms with Crippen LogP contribution in [0.1, 0.15) is 56.1 Å². The van der Waals surface area contributed by atoms with Gasteiger partial charge in [-0.15, -0.1) is 0 Å². The van der Waals surface area contributed by atoms with Crippen LogP contribution in [0.5, 0.6) is 0 Å². The van der Waals surface area contributed by atoms with E-state index in [1.54, 1.807) is 0 Å². The number of carbonyl (C=O) groups excluding carboxylic acids is 2. The summed E-state index contributed by atoms with van der Waals surface area (Å²) in [7, 11) is 0. The Kier molecular flexibility index (Phi) is 6.12. The molecule has 0 spiro atoms. The molecular formula is C24H35N3O2. The van der Waals surface area contributed by atoms with Gasteiger partial charge in [-0.3, -0.25) is 9.59 Å². The maximum absolute atomic E-state index is 13.1. The van der Waals surface area contributed by atoms with Gasteiger partial charge in [0.2, 0.25) is 11.8 Å². The second-order valence-corrected chi connectivity index (χ2v) is 9.12. The summed E-state index contributed by atoms with van der Waals surface area (Å²) in [6.45, 7) is 8.19. The van der Waals surface area contributed by atoms with Crippen molar-refractivity contribution in [2.75, 3.05) is 37.6 Å². The molecule has 2 saturated heterocycles. The largest absolute Gasteiger partial charge is 0.368 e. The van der Waals surface area contributed by atoms with Crippen LogP contribution in [0, 0.1) is 19.8 Å². The Morgan fingerprint density at radius 1 is 0.966 bits per heavy atom. The zero-order valence-corrected chi connectivity index (χ0v) is 18.0. The number of benzene rings is 1. The monoisotopic (exact) mass is 397 g/mol. The first-order valence-electron chi connectivity index (χ1n) is 11.4. The van der Waals surface area contributed by atoms with E-state index < -0.39 is 0 Å². The first-order valence-corrected chi connectivity index (χ1v) is 11.4. The van der Waals surface area contributed by atoms with E-state index in [1.165, 1.54) is 42.5 Å². The van der Waals surface area contributed by atoms with Crippen molar-refractivity contribution in [2.45, 2.75) is 64.8 Å². The Bertz CT molecular complexity index is 746. The molecule has 29 heavy (non-hydrogen) atoms. The highest BCUT2D eigenvalue weighted by Gasteiger charge is 2.40. The average molecular weight is 398 g/mol. The van der Waals surface area contributed by atoms with E-state index in [4.69, 9.17) is 0 Å². The molecule has 1 aromatic rings. The third-order valence-electron chi connectivity index (χ3n) is 7.28. The topological polar surface area (TPSA) is 43.9 Å². The highest BCUT2D eigenvalue weighted by molar-refractivity contribution is 5.89. The van der Waals surface area contributed by atoms with Crippen LogP contribution in [-0.2, 0) is 9.59 Å². The lowest BCUT2D eigenvalue weighted by Gasteiger charge is -2.38. The lowest BCUT2D eigenvalue weighted by atomic mass is 10.0. The first kappa shape index (κ1) is 20.2. The quantitative estimate of drug-likeness (QED) is 0.733. The van der Waals surface area contributed by atoms with Crippen molar-refractivity contribution >= 4 is 17.5 Å². The summed E-state index contributed by atoms with van der Waals surface area (Å²) in [6, 6.07) is 6.81. The first-order chi connectivity index (χ1) is 14.0. The van der Waals surface area contributed by atoms with Crippen LogP contribution in [0.15, 0.2) is 18.2 Å². The van der Waals surface area contributed by atoms with E-state index in [0.29, 0.717) is 19.0 Å². The molecule has 5 heteroatoms. The van der Waals surface area contributed by atoms with Crippen LogP contribution in [-0.4, -0.2) is 60.4 Å². The van der Waals surface area contributed by atoms with E-state index in [-0.39, 0.29) is 17.7 Å². The number of nitrogens with zero attached hydrogens (tertiary/aromatic N) is 3. The molecule has 5 nitrogen and oxygen atoms in total. The van der Waals surface area contributed by atoms with Crippen molar-refractivity contribution in [1.29, 1.82) is 0 Å². The number of aryl methyl sites for hydroxylation is 1. The number of carbonyl (C=O) groups is 2. The minimum absolute atomic E-state index is 0.141. The predicted molar refractivity (Wildman–Crippen MR) is 116 cm³/mol. The molecule has 1 atom stereocenters. The van der Waals surface area contributed by atoms with Crippen LogP contribution >= 0.6 is 0 Å². The smallest absolute Gasteiger partial charge is 0.228 e. The fourth-order valence-corrected chi connectivity index (χ4v) is 5.32. The molecule has 3 fully saturated rings. The van der Waals surface area contributed by atoms with Gasteiger partial charge < -0.3 is 14.7 Å². The Hall–Kier alpha value is -2.04. The summed E-state index contributed by atoms with van der Waals surface area (Å²) in [4.78, 5) is 32.2. The molecule has 1 unspecified atom stereocenters. The number of piperazine rings is 1. The fourth-order valence-electron chi connectivity index (χ4n) is 5.32. The third kappa shape index (κ3) is 4.29. The minimum atomic E-state index is -0.141. The van der Waals surface area contributed by atoms with Crippen LogP contribution < -0.4 is 4.90 Å². The van der Waals surface area contributed by atoms with Gasteiger partial charge in [-0.05, 0) is 43.9 Å². The van der Waals surface area contributed by atoms with Gasteiger partial charge in [0.05, 0.1) is 5.92 Å².